The first-order valence-electron chi connectivity index (χ1n) is 4.98. The SMILES string of the molecule is CC(O)C(N)C(=O)Nc1ncnc2nc[nH]c12. The summed E-state index contributed by atoms with van der Waals surface area (Å²) < 4.78 is 0. The summed E-state index contributed by atoms with van der Waals surface area (Å²) in [4.78, 5) is 26.2. The summed E-state index contributed by atoms with van der Waals surface area (Å²) in [6, 6.07) is -1.01. The summed E-state index contributed by atoms with van der Waals surface area (Å²) in [6.45, 7) is 1.44. The summed E-state index contributed by atoms with van der Waals surface area (Å²) in [5, 5.41) is 11.7. The largest absolute Gasteiger partial charge is 0.391 e. The lowest BCUT2D eigenvalue weighted by Gasteiger charge is -2.13. The van der Waals surface area contributed by atoms with Crippen LogP contribution in [0.5, 0.6) is 0 Å². The fourth-order valence-corrected chi connectivity index (χ4v) is 1.28. The summed E-state index contributed by atoms with van der Waals surface area (Å²) >= 11 is 0. The third-order valence-corrected chi connectivity index (χ3v) is 2.29. The van der Waals surface area contributed by atoms with Crippen LogP contribution in [-0.4, -0.2) is 43.1 Å². The van der Waals surface area contributed by atoms with Crippen molar-refractivity contribution in [1.29, 1.82) is 0 Å². The number of hydrogen-bond donors (Lipinski definition) is 4. The molecule has 90 valence electrons. The van der Waals surface area contributed by atoms with Crippen LogP contribution in [0.4, 0.5) is 5.82 Å². The van der Waals surface area contributed by atoms with Gasteiger partial charge in [-0.15, -0.1) is 0 Å². The number of aromatic nitrogens is 4. The highest BCUT2D eigenvalue weighted by Crippen LogP contribution is 2.14. The Morgan fingerprint density at radius 1 is 1.53 bits per heavy atom. The van der Waals surface area contributed by atoms with E-state index in [-0.39, 0.29) is 5.82 Å². The van der Waals surface area contributed by atoms with E-state index in [1.165, 1.54) is 19.6 Å². The number of aromatic amines is 1. The third-order valence-electron chi connectivity index (χ3n) is 2.29. The number of nitrogens with one attached hydrogen (secondary N) is 2. The molecule has 2 heterocycles. The number of rotatable bonds is 3. The molecule has 2 rings (SSSR count). The fraction of sp³-hybridized carbons (Fsp3) is 0.333. The van der Waals surface area contributed by atoms with E-state index in [4.69, 9.17) is 5.73 Å². The molecule has 0 saturated heterocycles. The number of aliphatic hydroxyl groups is 1. The standard InChI is InChI=1S/C9H12N6O2/c1-4(16)5(10)9(17)15-8-6-7(12-2-11-6)13-3-14-8/h2-5,16H,10H2,1H3,(H2,11,12,13,14,15,17). The van der Waals surface area contributed by atoms with Gasteiger partial charge in [0.2, 0.25) is 5.91 Å². The molecule has 0 saturated carbocycles. The summed E-state index contributed by atoms with van der Waals surface area (Å²) in [7, 11) is 0. The van der Waals surface area contributed by atoms with Crippen molar-refractivity contribution >= 4 is 22.9 Å². The van der Waals surface area contributed by atoms with E-state index in [0.717, 1.165) is 0 Å². The van der Waals surface area contributed by atoms with Crippen molar-refractivity contribution in [3.05, 3.63) is 12.7 Å². The number of fused-ring (bicyclic) bond motifs is 1. The van der Waals surface area contributed by atoms with Crippen LogP contribution in [0.25, 0.3) is 11.2 Å². The maximum atomic E-state index is 11.6. The quantitative estimate of drug-likeness (QED) is 0.540. The first kappa shape index (κ1) is 11.4. The molecule has 0 aliphatic carbocycles. The molecule has 0 radical (unpaired) electrons. The van der Waals surface area contributed by atoms with Crippen molar-refractivity contribution in [3.63, 3.8) is 0 Å². The zero-order valence-electron chi connectivity index (χ0n) is 9.08. The molecule has 0 aliphatic rings. The number of carbonyl (C=O) groups excluding carboxylic acids is 1. The topological polar surface area (TPSA) is 130 Å². The number of nitrogens with two attached hydrogens (primary N) is 1. The minimum absolute atomic E-state index is 0.286. The molecule has 8 heteroatoms. The highest BCUT2D eigenvalue weighted by molar-refractivity contribution is 5.99. The van der Waals surface area contributed by atoms with Crippen LogP contribution >= 0.6 is 0 Å². The first-order valence-corrected chi connectivity index (χ1v) is 4.98. The molecule has 2 aromatic heterocycles. The Hall–Kier alpha value is -2.06. The van der Waals surface area contributed by atoms with Gasteiger partial charge in [-0.05, 0) is 6.92 Å². The second-order valence-corrected chi connectivity index (χ2v) is 3.58. The second-order valence-electron chi connectivity index (χ2n) is 3.58. The van der Waals surface area contributed by atoms with E-state index in [0.29, 0.717) is 11.2 Å². The molecule has 0 spiro atoms. The lowest BCUT2D eigenvalue weighted by Crippen LogP contribution is -2.43. The predicted octanol–water partition coefficient (Wildman–Crippen LogP) is -1.00. The van der Waals surface area contributed by atoms with E-state index in [2.05, 4.69) is 25.3 Å². The average molecular weight is 236 g/mol. The van der Waals surface area contributed by atoms with Crippen LogP contribution < -0.4 is 11.1 Å². The lowest BCUT2D eigenvalue weighted by molar-refractivity contribution is -0.119. The fourth-order valence-electron chi connectivity index (χ4n) is 1.28. The number of anilines is 1. The molecular formula is C9H12N6O2. The Bertz CT molecular complexity index is 537. The monoisotopic (exact) mass is 236 g/mol. The molecule has 0 fully saturated rings. The van der Waals surface area contributed by atoms with Crippen molar-refractivity contribution < 1.29 is 9.90 Å². The van der Waals surface area contributed by atoms with Gasteiger partial charge in [0.05, 0.1) is 12.4 Å². The van der Waals surface area contributed by atoms with Crippen LogP contribution in [0.2, 0.25) is 0 Å². The summed E-state index contributed by atoms with van der Waals surface area (Å²) in [5.74, 6) is -0.233. The van der Waals surface area contributed by atoms with Gasteiger partial charge in [0.15, 0.2) is 11.5 Å². The molecule has 8 nitrogen and oxygen atoms in total. The smallest absolute Gasteiger partial charge is 0.245 e. The number of hydrogen-bond acceptors (Lipinski definition) is 6. The van der Waals surface area contributed by atoms with Gasteiger partial charge in [-0.25, -0.2) is 15.0 Å². The minimum Gasteiger partial charge on any atom is -0.391 e. The highest BCUT2D eigenvalue weighted by atomic mass is 16.3. The maximum absolute atomic E-state index is 11.6. The van der Waals surface area contributed by atoms with Gasteiger partial charge in [-0.3, -0.25) is 4.79 Å². The molecule has 2 unspecified atom stereocenters. The Morgan fingerprint density at radius 2 is 2.29 bits per heavy atom. The maximum Gasteiger partial charge on any atom is 0.245 e. The number of H-pyrrole nitrogens is 1. The van der Waals surface area contributed by atoms with E-state index in [9.17, 15) is 9.90 Å². The number of nitrogens with zero attached hydrogens (tertiary/aromatic N) is 3. The van der Waals surface area contributed by atoms with Gasteiger partial charge < -0.3 is 21.1 Å². The molecule has 1 amide bonds. The Balaban J connectivity index is 2.24. The third kappa shape index (κ3) is 2.22. The summed E-state index contributed by atoms with van der Waals surface area (Å²) in [5.41, 5.74) is 6.45. The second kappa shape index (κ2) is 4.44. The Labute approximate surface area is 96.3 Å². The Morgan fingerprint density at radius 3 is 3.00 bits per heavy atom. The van der Waals surface area contributed by atoms with Crippen molar-refractivity contribution in [2.45, 2.75) is 19.1 Å². The van der Waals surface area contributed by atoms with Crippen LogP contribution in [0, 0.1) is 0 Å². The van der Waals surface area contributed by atoms with Crippen LogP contribution in [0.1, 0.15) is 6.92 Å². The van der Waals surface area contributed by atoms with Crippen molar-refractivity contribution in [2.24, 2.45) is 5.73 Å². The molecule has 2 atom stereocenters. The molecule has 17 heavy (non-hydrogen) atoms. The van der Waals surface area contributed by atoms with Gasteiger partial charge in [-0.1, -0.05) is 0 Å². The molecule has 5 N–H and O–H groups in total. The number of aliphatic hydroxyl groups excluding tert-OH is 1. The van der Waals surface area contributed by atoms with E-state index in [1.807, 2.05) is 0 Å². The normalized spacial score (nSPS) is 14.5. The molecular weight excluding hydrogens is 224 g/mol. The van der Waals surface area contributed by atoms with Crippen LogP contribution in [0.15, 0.2) is 12.7 Å². The van der Waals surface area contributed by atoms with Gasteiger partial charge >= 0.3 is 0 Å². The van der Waals surface area contributed by atoms with Crippen LogP contribution in [-0.2, 0) is 4.79 Å². The van der Waals surface area contributed by atoms with Gasteiger partial charge in [0.25, 0.3) is 0 Å². The zero-order valence-corrected chi connectivity index (χ0v) is 9.08. The van der Waals surface area contributed by atoms with Gasteiger partial charge in [-0.2, -0.15) is 0 Å². The molecule has 2 aromatic rings. The predicted molar refractivity (Wildman–Crippen MR) is 60.0 cm³/mol. The number of imidazole rings is 1. The lowest BCUT2D eigenvalue weighted by atomic mass is 10.2. The Kier molecular flexibility index (Phi) is 2.98. The van der Waals surface area contributed by atoms with E-state index >= 15 is 0 Å². The van der Waals surface area contributed by atoms with Crippen LogP contribution in [0.3, 0.4) is 0 Å². The molecule has 0 bridgehead atoms. The van der Waals surface area contributed by atoms with Crippen molar-refractivity contribution in [1.82, 2.24) is 19.9 Å². The number of carbonyl (C=O) groups is 1. The first-order chi connectivity index (χ1) is 8.09. The van der Waals surface area contributed by atoms with Crippen molar-refractivity contribution in [3.8, 4) is 0 Å². The van der Waals surface area contributed by atoms with Crippen molar-refractivity contribution in [2.75, 3.05) is 5.32 Å². The van der Waals surface area contributed by atoms with E-state index in [1.54, 1.807) is 0 Å². The highest BCUT2D eigenvalue weighted by Gasteiger charge is 2.20. The molecule has 0 aliphatic heterocycles. The minimum atomic E-state index is -1.01. The summed E-state index contributed by atoms with van der Waals surface area (Å²) in [6.07, 6.45) is 1.80. The van der Waals surface area contributed by atoms with Gasteiger partial charge in [0, 0.05) is 0 Å². The molecule has 0 aromatic carbocycles. The van der Waals surface area contributed by atoms with Gasteiger partial charge in [0.1, 0.15) is 17.9 Å². The average Bonchev–Trinajstić information content (AvgIpc) is 2.76. The van der Waals surface area contributed by atoms with E-state index < -0.39 is 18.1 Å². The number of amides is 1. The zero-order chi connectivity index (χ0) is 12.4.